The van der Waals surface area contributed by atoms with Crippen molar-refractivity contribution in [1.82, 2.24) is 5.32 Å². The summed E-state index contributed by atoms with van der Waals surface area (Å²) in [6, 6.07) is -0.551. The topological polar surface area (TPSA) is 95.9 Å². The molecule has 0 bridgehead atoms. The predicted octanol–water partition coefficient (Wildman–Crippen LogP) is 20.6. The molecule has 6 heteroatoms. The van der Waals surface area contributed by atoms with Gasteiger partial charge >= 0.3 is 5.97 Å². The van der Waals surface area contributed by atoms with Crippen molar-refractivity contribution in [2.24, 2.45) is 0 Å². The Kier molecular flexibility index (Phi) is 60.5. The molecule has 0 heterocycles. The standard InChI is InChI=1S/C66H127NO5/c1-3-5-7-9-11-13-15-17-19-21-23-24-26-30-34-38-42-46-50-54-58-64(69)63(62-68)67-65(70)59-55-51-47-43-39-35-31-27-25-29-33-37-41-45-49-53-57-61-72-66(71)60-56-52-48-44-40-36-32-28-22-20-18-16-14-12-10-8-6-4-2/h20,22,25,29,63-64,68-69H,3-19,21,23-24,26-28,30-62H2,1-2H3,(H,67,70)/b22-20-,29-25-. The van der Waals surface area contributed by atoms with Crippen LogP contribution in [0.4, 0.5) is 0 Å². The predicted molar refractivity (Wildman–Crippen MR) is 315 cm³/mol. The lowest BCUT2D eigenvalue weighted by Crippen LogP contribution is -2.45. The third kappa shape index (κ3) is 57.6. The highest BCUT2D eigenvalue weighted by Gasteiger charge is 2.20. The molecule has 0 spiro atoms. The van der Waals surface area contributed by atoms with Crippen LogP contribution in [0, 0.1) is 0 Å². The van der Waals surface area contributed by atoms with E-state index >= 15 is 0 Å². The van der Waals surface area contributed by atoms with E-state index in [0.29, 0.717) is 25.9 Å². The van der Waals surface area contributed by atoms with E-state index < -0.39 is 12.1 Å². The van der Waals surface area contributed by atoms with E-state index in [2.05, 4.69) is 43.5 Å². The summed E-state index contributed by atoms with van der Waals surface area (Å²) in [6.07, 6.45) is 76.2. The molecule has 0 aromatic heterocycles. The van der Waals surface area contributed by atoms with E-state index in [-0.39, 0.29) is 18.5 Å². The third-order valence-electron chi connectivity index (χ3n) is 15.2. The van der Waals surface area contributed by atoms with Crippen LogP contribution >= 0.6 is 0 Å². The minimum Gasteiger partial charge on any atom is -0.466 e. The number of aliphatic hydroxyl groups is 2. The summed E-state index contributed by atoms with van der Waals surface area (Å²) in [5.41, 5.74) is 0. The minimum absolute atomic E-state index is 0.00383. The van der Waals surface area contributed by atoms with Gasteiger partial charge in [-0.15, -0.1) is 0 Å². The molecule has 0 saturated heterocycles. The molecule has 1 amide bonds. The third-order valence-corrected chi connectivity index (χ3v) is 15.2. The van der Waals surface area contributed by atoms with E-state index in [1.807, 2.05) is 0 Å². The lowest BCUT2D eigenvalue weighted by Gasteiger charge is -2.22. The summed E-state index contributed by atoms with van der Waals surface area (Å²) >= 11 is 0. The Balaban J connectivity index is 3.44. The highest BCUT2D eigenvalue weighted by atomic mass is 16.5. The van der Waals surface area contributed by atoms with Crippen LogP contribution in [0.15, 0.2) is 24.3 Å². The first-order chi connectivity index (χ1) is 35.5. The van der Waals surface area contributed by atoms with Gasteiger partial charge in [-0.1, -0.05) is 295 Å². The number of ether oxygens (including phenoxy) is 1. The average molecular weight is 1010 g/mol. The Labute approximate surface area is 450 Å². The van der Waals surface area contributed by atoms with Crippen molar-refractivity contribution in [3.05, 3.63) is 24.3 Å². The molecule has 72 heavy (non-hydrogen) atoms. The second kappa shape index (κ2) is 61.9. The molecule has 0 aromatic carbocycles. The monoisotopic (exact) mass is 1010 g/mol. The van der Waals surface area contributed by atoms with Crippen molar-refractivity contribution in [2.75, 3.05) is 13.2 Å². The summed E-state index contributed by atoms with van der Waals surface area (Å²) in [7, 11) is 0. The molecule has 0 aromatic rings. The van der Waals surface area contributed by atoms with E-state index in [4.69, 9.17) is 4.74 Å². The van der Waals surface area contributed by atoms with E-state index in [1.165, 1.54) is 270 Å². The fourth-order valence-electron chi connectivity index (χ4n) is 10.2. The van der Waals surface area contributed by atoms with Gasteiger partial charge in [0.25, 0.3) is 0 Å². The van der Waals surface area contributed by atoms with Crippen molar-refractivity contribution in [3.8, 4) is 0 Å². The van der Waals surface area contributed by atoms with Crippen molar-refractivity contribution < 1.29 is 24.5 Å². The maximum absolute atomic E-state index is 12.5. The molecule has 2 atom stereocenters. The molecule has 0 radical (unpaired) electrons. The number of aliphatic hydroxyl groups excluding tert-OH is 2. The number of esters is 1. The summed E-state index contributed by atoms with van der Waals surface area (Å²) < 4.78 is 5.49. The highest BCUT2D eigenvalue weighted by molar-refractivity contribution is 5.76. The number of nitrogens with one attached hydrogen (secondary N) is 1. The number of amides is 1. The zero-order valence-electron chi connectivity index (χ0n) is 48.7. The number of allylic oxidation sites excluding steroid dienone is 4. The summed E-state index contributed by atoms with van der Waals surface area (Å²) in [6.45, 7) is 4.96. The van der Waals surface area contributed by atoms with Gasteiger partial charge < -0.3 is 20.3 Å². The van der Waals surface area contributed by atoms with Gasteiger partial charge in [0.05, 0.1) is 25.4 Å². The number of carbonyl (C=O) groups excluding carboxylic acids is 2. The van der Waals surface area contributed by atoms with Crippen molar-refractivity contribution in [2.45, 2.75) is 373 Å². The Morgan fingerprint density at radius 3 is 0.986 bits per heavy atom. The van der Waals surface area contributed by atoms with Crippen LogP contribution < -0.4 is 5.32 Å². The first-order valence-corrected chi connectivity index (χ1v) is 32.6. The molecule has 3 N–H and O–H groups in total. The fraction of sp³-hybridized carbons (Fsp3) is 0.909. The lowest BCUT2D eigenvalue weighted by atomic mass is 10.0. The van der Waals surface area contributed by atoms with Crippen LogP contribution in [-0.2, 0) is 14.3 Å². The van der Waals surface area contributed by atoms with Gasteiger partial charge in [-0.25, -0.2) is 0 Å². The Hall–Kier alpha value is -1.66. The zero-order valence-corrected chi connectivity index (χ0v) is 48.7. The Morgan fingerprint density at radius 1 is 0.375 bits per heavy atom. The molecule has 0 aliphatic carbocycles. The van der Waals surface area contributed by atoms with Gasteiger partial charge in [-0.2, -0.15) is 0 Å². The van der Waals surface area contributed by atoms with Gasteiger partial charge in [0, 0.05) is 12.8 Å². The molecular weight excluding hydrogens is 887 g/mol. The van der Waals surface area contributed by atoms with Crippen LogP contribution in [-0.4, -0.2) is 47.4 Å². The van der Waals surface area contributed by atoms with Crippen LogP contribution in [0.5, 0.6) is 0 Å². The maximum Gasteiger partial charge on any atom is 0.305 e. The Morgan fingerprint density at radius 2 is 0.653 bits per heavy atom. The summed E-state index contributed by atoms with van der Waals surface area (Å²) in [4.78, 5) is 24.6. The average Bonchev–Trinajstić information content (AvgIpc) is 3.38. The first kappa shape index (κ1) is 70.3. The van der Waals surface area contributed by atoms with E-state index in [0.717, 1.165) is 57.8 Å². The number of hydrogen-bond donors (Lipinski definition) is 3. The number of carbonyl (C=O) groups is 2. The second-order valence-electron chi connectivity index (χ2n) is 22.4. The largest absolute Gasteiger partial charge is 0.466 e. The number of hydrogen-bond acceptors (Lipinski definition) is 5. The van der Waals surface area contributed by atoms with Gasteiger partial charge in [0.15, 0.2) is 0 Å². The molecular formula is C66H127NO5. The molecule has 426 valence electrons. The SMILES string of the molecule is CCCCCCCCC/C=C\CCCCCCCCCC(=O)OCCCCCCCC/C=C\CCCCCCCCCC(=O)NC(CO)C(O)CCCCCCCCCCCCCCCCCCCCCC. The quantitative estimate of drug-likeness (QED) is 0.0320. The molecule has 0 rings (SSSR count). The van der Waals surface area contributed by atoms with Crippen LogP contribution in [0.3, 0.4) is 0 Å². The highest BCUT2D eigenvalue weighted by Crippen LogP contribution is 2.18. The van der Waals surface area contributed by atoms with Crippen LogP contribution in [0.2, 0.25) is 0 Å². The molecule has 0 aliphatic rings. The van der Waals surface area contributed by atoms with Crippen molar-refractivity contribution >= 4 is 11.9 Å². The summed E-state index contributed by atoms with van der Waals surface area (Å²) in [5.74, 6) is -0.0476. The smallest absolute Gasteiger partial charge is 0.305 e. The molecule has 0 fully saturated rings. The van der Waals surface area contributed by atoms with Crippen LogP contribution in [0.25, 0.3) is 0 Å². The van der Waals surface area contributed by atoms with E-state index in [9.17, 15) is 19.8 Å². The van der Waals surface area contributed by atoms with Gasteiger partial charge in [0.1, 0.15) is 0 Å². The van der Waals surface area contributed by atoms with E-state index in [1.54, 1.807) is 0 Å². The normalized spacial score (nSPS) is 12.7. The molecule has 0 aliphatic heterocycles. The molecule has 6 nitrogen and oxygen atoms in total. The zero-order chi connectivity index (χ0) is 52.2. The second-order valence-corrected chi connectivity index (χ2v) is 22.4. The number of unbranched alkanes of at least 4 members (excludes halogenated alkanes) is 46. The first-order valence-electron chi connectivity index (χ1n) is 32.6. The van der Waals surface area contributed by atoms with Gasteiger partial charge in [0.2, 0.25) is 5.91 Å². The molecule has 0 saturated carbocycles. The minimum atomic E-state index is -0.673. The summed E-state index contributed by atoms with van der Waals surface area (Å²) in [5, 5.41) is 23.4. The lowest BCUT2D eigenvalue weighted by molar-refractivity contribution is -0.143. The van der Waals surface area contributed by atoms with Crippen molar-refractivity contribution in [1.29, 1.82) is 0 Å². The molecule has 2 unspecified atom stereocenters. The maximum atomic E-state index is 12.5. The Bertz CT molecular complexity index is 1120. The number of rotatable bonds is 61. The fourth-order valence-corrected chi connectivity index (χ4v) is 10.2. The van der Waals surface area contributed by atoms with Gasteiger partial charge in [-0.3, -0.25) is 9.59 Å². The van der Waals surface area contributed by atoms with Gasteiger partial charge in [-0.05, 0) is 77.0 Å². The van der Waals surface area contributed by atoms with Crippen LogP contribution in [0.1, 0.15) is 361 Å². The van der Waals surface area contributed by atoms with Crippen molar-refractivity contribution in [3.63, 3.8) is 0 Å².